The van der Waals surface area contributed by atoms with Crippen molar-refractivity contribution in [3.05, 3.63) is 29.3 Å². The van der Waals surface area contributed by atoms with Crippen molar-refractivity contribution in [2.45, 2.75) is 51.4 Å². The van der Waals surface area contributed by atoms with Crippen molar-refractivity contribution >= 4 is 0 Å². The summed E-state index contributed by atoms with van der Waals surface area (Å²) in [5, 5.41) is 0. The number of hydrogen-bond donors (Lipinski definition) is 0. The summed E-state index contributed by atoms with van der Waals surface area (Å²) in [4.78, 5) is 0. The van der Waals surface area contributed by atoms with Crippen molar-refractivity contribution in [1.82, 2.24) is 0 Å². The highest BCUT2D eigenvalue weighted by Gasteiger charge is 2.37. The summed E-state index contributed by atoms with van der Waals surface area (Å²) < 4.78 is 10.4. The SMILES string of the molecule is COCOc1[c]cc2c(c1)C(C)(C)CCC2(C)C. The molecule has 0 unspecified atom stereocenters. The van der Waals surface area contributed by atoms with Gasteiger partial charge in [0.15, 0.2) is 6.79 Å². The first kappa shape index (κ1) is 13.4. The van der Waals surface area contributed by atoms with Crippen LogP contribution >= 0.6 is 0 Å². The molecule has 0 N–H and O–H groups in total. The third-order valence-corrected chi connectivity index (χ3v) is 4.09. The van der Waals surface area contributed by atoms with Crippen LogP contribution in [0.5, 0.6) is 5.75 Å². The first-order chi connectivity index (χ1) is 8.37. The maximum absolute atomic E-state index is 5.50. The fourth-order valence-corrected chi connectivity index (χ4v) is 2.69. The molecule has 0 aliphatic heterocycles. The van der Waals surface area contributed by atoms with Crippen LogP contribution < -0.4 is 4.74 Å². The van der Waals surface area contributed by atoms with Gasteiger partial charge in [-0.15, -0.1) is 0 Å². The fraction of sp³-hybridized carbons (Fsp3) is 0.625. The lowest BCUT2D eigenvalue weighted by atomic mass is 9.63. The van der Waals surface area contributed by atoms with Crippen LogP contribution in [-0.4, -0.2) is 13.9 Å². The maximum atomic E-state index is 5.50. The van der Waals surface area contributed by atoms with Gasteiger partial charge in [-0.1, -0.05) is 27.7 Å². The van der Waals surface area contributed by atoms with Crippen LogP contribution in [0.3, 0.4) is 0 Å². The Balaban J connectivity index is 2.42. The highest BCUT2D eigenvalue weighted by atomic mass is 16.7. The van der Waals surface area contributed by atoms with Crippen molar-refractivity contribution < 1.29 is 9.47 Å². The predicted molar refractivity (Wildman–Crippen MR) is 73.1 cm³/mol. The van der Waals surface area contributed by atoms with Gasteiger partial charge in [0.1, 0.15) is 5.75 Å². The van der Waals surface area contributed by atoms with Crippen molar-refractivity contribution in [3.8, 4) is 5.75 Å². The number of rotatable bonds is 3. The molecule has 1 aromatic carbocycles. The molecule has 2 heteroatoms. The third kappa shape index (κ3) is 2.39. The van der Waals surface area contributed by atoms with E-state index in [2.05, 4.69) is 45.9 Å². The van der Waals surface area contributed by atoms with E-state index >= 15 is 0 Å². The van der Waals surface area contributed by atoms with Crippen LogP contribution in [0.2, 0.25) is 0 Å². The summed E-state index contributed by atoms with van der Waals surface area (Å²) in [5.74, 6) is 0.779. The minimum absolute atomic E-state index is 0.213. The highest BCUT2D eigenvalue weighted by Crippen LogP contribution is 2.46. The smallest absolute Gasteiger partial charge is 0.188 e. The van der Waals surface area contributed by atoms with E-state index in [4.69, 9.17) is 9.47 Å². The Hall–Kier alpha value is -1.02. The molecule has 18 heavy (non-hydrogen) atoms. The quantitative estimate of drug-likeness (QED) is 0.756. The second-order valence-corrected chi connectivity index (χ2v) is 6.44. The Labute approximate surface area is 110 Å². The molecule has 1 aliphatic carbocycles. The molecule has 0 fully saturated rings. The van der Waals surface area contributed by atoms with E-state index in [9.17, 15) is 0 Å². The zero-order valence-electron chi connectivity index (χ0n) is 12.1. The zero-order valence-corrected chi connectivity index (χ0v) is 12.1. The Morgan fingerprint density at radius 1 is 1.11 bits per heavy atom. The number of benzene rings is 1. The van der Waals surface area contributed by atoms with Gasteiger partial charge < -0.3 is 9.47 Å². The molecule has 1 aliphatic rings. The van der Waals surface area contributed by atoms with Gasteiger partial charge in [-0.3, -0.25) is 0 Å². The number of ether oxygens (including phenoxy) is 2. The van der Waals surface area contributed by atoms with E-state index in [-0.39, 0.29) is 17.6 Å². The van der Waals surface area contributed by atoms with Crippen molar-refractivity contribution in [2.24, 2.45) is 0 Å². The van der Waals surface area contributed by atoms with E-state index < -0.39 is 0 Å². The second kappa shape index (κ2) is 4.58. The lowest BCUT2D eigenvalue weighted by Gasteiger charge is -2.41. The minimum atomic E-state index is 0.213. The normalized spacial score (nSPS) is 20.3. The number of methoxy groups -OCH3 is 1. The Bertz CT molecular complexity index is 433. The first-order valence-corrected chi connectivity index (χ1v) is 6.55. The van der Waals surface area contributed by atoms with Crippen LogP contribution in [0.1, 0.15) is 51.7 Å². The molecular formula is C16H23O2. The molecule has 0 saturated heterocycles. The molecule has 2 rings (SSSR count). The molecule has 0 amide bonds. The van der Waals surface area contributed by atoms with E-state index in [1.54, 1.807) is 7.11 Å². The van der Waals surface area contributed by atoms with Crippen molar-refractivity contribution in [2.75, 3.05) is 13.9 Å². The van der Waals surface area contributed by atoms with E-state index in [1.807, 2.05) is 0 Å². The van der Waals surface area contributed by atoms with Crippen LogP contribution in [0.25, 0.3) is 0 Å². The van der Waals surface area contributed by atoms with Gasteiger partial charge >= 0.3 is 0 Å². The zero-order chi connectivity index (χ0) is 13.4. The molecule has 0 aromatic heterocycles. The molecule has 99 valence electrons. The summed E-state index contributed by atoms with van der Waals surface area (Å²) in [7, 11) is 1.63. The average Bonchev–Trinajstić information content (AvgIpc) is 2.32. The van der Waals surface area contributed by atoms with Crippen molar-refractivity contribution in [1.29, 1.82) is 0 Å². The topological polar surface area (TPSA) is 18.5 Å². The summed E-state index contributed by atoms with van der Waals surface area (Å²) in [5.41, 5.74) is 3.25. The highest BCUT2D eigenvalue weighted by molar-refractivity contribution is 5.45. The minimum Gasteiger partial charge on any atom is -0.467 e. The van der Waals surface area contributed by atoms with Crippen LogP contribution in [-0.2, 0) is 15.6 Å². The predicted octanol–water partition coefficient (Wildman–Crippen LogP) is 3.82. The lowest BCUT2D eigenvalue weighted by Crippen LogP contribution is -2.33. The Kier molecular flexibility index (Phi) is 3.41. The number of hydrogen-bond acceptors (Lipinski definition) is 2. The van der Waals surface area contributed by atoms with Gasteiger partial charge in [0.05, 0.1) is 0 Å². The molecule has 1 aromatic rings. The van der Waals surface area contributed by atoms with E-state index in [0.29, 0.717) is 0 Å². The summed E-state index contributed by atoms with van der Waals surface area (Å²) in [6.07, 6.45) is 2.43. The molecule has 2 nitrogen and oxygen atoms in total. The average molecular weight is 247 g/mol. The van der Waals surface area contributed by atoms with Crippen LogP contribution in [0.15, 0.2) is 12.1 Å². The number of fused-ring (bicyclic) bond motifs is 1. The lowest BCUT2D eigenvalue weighted by molar-refractivity contribution is 0.0507. The first-order valence-electron chi connectivity index (χ1n) is 6.55. The monoisotopic (exact) mass is 247 g/mol. The standard InChI is InChI=1S/C16H23O2/c1-15(2)8-9-16(3,4)14-10-12(18-11-17-5)6-7-13(14)15/h7,10H,8-9,11H2,1-5H3. The van der Waals surface area contributed by atoms with Crippen LogP contribution in [0, 0.1) is 6.07 Å². The van der Waals surface area contributed by atoms with Gasteiger partial charge in [0.25, 0.3) is 0 Å². The molecule has 0 saturated carbocycles. The molecule has 0 bridgehead atoms. The molecule has 0 heterocycles. The maximum Gasteiger partial charge on any atom is 0.188 e. The Morgan fingerprint density at radius 2 is 1.72 bits per heavy atom. The van der Waals surface area contributed by atoms with Gasteiger partial charge in [-0.25, -0.2) is 0 Å². The Morgan fingerprint density at radius 3 is 2.33 bits per heavy atom. The molecule has 0 atom stereocenters. The largest absolute Gasteiger partial charge is 0.467 e. The second-order valence-electron chi connectivity index (χ2n) is 6.44. The van der Waals surface area contributed by atoms with Gasteiger partial charge in [-0.2, -0.15) is 0 Å². The van der Waals surface area contributed by atoms with Gasteiger partial charge in [0.2, 0.25) is 0 Å². The van der Waals surface area contributed by atoms with Gasteiger partial charge in [-0.05, 0) is 46.9 Å². The summed E-state index contributed by atoms with van der Waals surface area (Å²) in [6.45, 7) is 9.51. The van der Waals surface area contributed by atoms with Crippen LogP contribution in [0.4, 0.5) is 0 Å². The van der Waals surface area contributed by atoms with E-state index in [0.717, 1.165) is 5.75 Å². The van der Waals surface area contributed by atoms with Gasteiger partial charge in [0, 0.05) is 13.2 Å². The summed E-state index contributed by atoms with van der Waals surface area (Å²) >= 11 is 0. The molecular weight excluding hydrogens is 224 g/mol. The fourth-order valence-electron chi connectivity index (χ4n) is 2.69. The van der Waals surface area contributed by atoms with Crippen molar-refractivity contribution in [3.63, 3.8) is 0 Å². The molecule has 1 radical (unpaired) electrons. The van der Waals surface area contributed by atoms with E-state index in [1.165, 1.54) is 24.0 Å². The molecule has 0 spiro atoms. The summed E-state index contributed by atoms with van der Waals surface area (Å²) in [6, 6.07) is 7.46. The third-order valence-electron chi connectivity index (χ3n) is 4.09.